The Morgan fingerprint density at radius 3 is 2.53 bits per heavy atom. The van der Waals surface area contributed by atoms with Crippen molar-refractivity contribution in [2.75, 3.05) is 25.6 Å². The highest BCUT2D eigenvalue weighted by atomic mass is 32.2. The van der Waals surface area contributed by atoms with Crippen LogP contribution in [0.5, 0.6) is 11.5 Å². The summed E-state index contributed by atoms with van der Waals surface area (Å²) in [4.78, 5) is 38.4. The molecule has 3 amide bonds. The maximum Gasteiger partial charge on any atom is 0.294 e. The van der Waals surface area contributed by atoms with Crippen molar-refractivity contribution in [3.05, 3.63) is 58.5 Å². The van der Waals surface area contributed by atoms with Gasteiger partial charge < -0.3 is 14.8 Å². The molecule has 3 rings (SSSR count). The molecule has 0 aromatic heterocycles. The lowest BCUT2D eigenvalue weighted by Crippen LogP contribution is -2.36. The van der Waals surface area contributed by atoms with Crippen LogP contribution in [0.25, 0.3) is 6.08 Å². The van der Waals surface area contributed by atoms with Crippen molar-refractivity contribution >= 4 is 40.6 Å². The van der Waals surface area contributed by atoms with Gasteiger partial charge in [-0.05, 0) is 61.5 Å². The molecule has 30 heavy (non-hydrogen) atoms. The minimum absolute atomic E-state index is 0.246. The third-order valence-corrected chi connectivity index (χ3v) is 5.20. The Bertz CT molecular complexity index is 1000. The van der Waals surface area contributed by atoms with Crippen LogP contribution in [0.15, 0.2) is 47.4 Å². The van der Waals surface area contributed by atoms with Crippen LogP contribution in [0.2, 0.25) is 0 Å². The van der Waals surface area contributed by atoms with E-state index in [2.05, 4.69) is 5.32 Å². The summed E-state index contributed by atoms with van der Waals surface area (Å²) in [6, 6.07) is 12.5. The molecule has 1 fully saturated rings. The van der Waals surface area contributed by atoms with Gasteiger partial charge in [-0.3, -0.25) is 19.3 Å². The molecule has 0 unspecified atom stereocenters. The first-order chi connectivity index (χ1) is 14.4. The van der Waals surface area contributed by atoms with Crippen molar-refractivity contribution in [3.8, 4) is 11.5 Å². The standard InChI is InChI=1S/C22H22N2O5S/c1-4-29-18-11-15(7-10-17(18)28-3)12-19-21(26)24(22(27)30-19)13-20(25)23-16-8-5-14(2)6-9-16/h5-12H,4,13H2,1-3H3,(H,23,25)/b19-12+. The number of anilines is 1. The van der Waals surface area contributed by atoms with Crippen molar-refractivity contribution in [1.29, 1.82) is 0 Å². The third-order valence-electron chi connectivity index (χ3n) is 4.30. The second-order valence-corrected chi connectivity index (χ2v) is 7.52. The third kappa shape index (κ3) is 5.01. The van der Waals surface area contributed by atoms with Crippen LogP contribution in [0.4, 0.5) is 10.5 Å². The van der Waals surface area contributed by atoms with Gasteiger partial charge >= 0.3 is 0 Å². The predicted molar refractivity (Wildman–Crippen MR) is 117 cm³/mol. The Kier molecular flexibility index (Phi) is 6.79. The Morgan fingerprint density at radius 1 is 1.13 bits per heavy atom. The number of ether oxygens (including phenoxy) is 2. The van der Waals surface area contributed by atoms with Crippen molar-refractivity contribution in [3.63, 3.8) is 0 Å². The second kappa shape index (κ2) is 9.49. The Labute approximate surface area is 179 Å². The number of hydrogen-bond donors (Lipinski definition) is 1. The maximum absolute atomic E-state index is 12.7. The molecular weight excluding hydrogens is 404 g/mol. The van der Waals surface area contributed by atoms with E-state index in [-0.39, 0.29) is 11.4 Å². The number of carbonyl (C=O) groups is 3. The predicted octanol–water partition coefficient (Wildman–Crippen LogP) is 4.08. The van der Waals surface area contributed by atoms with Gasteiger partial charge in [-0.1, -0.05) is 23.8 Å². The number of rotatable bonds is 7. The number of benzene rings is 2. The van der Waals surface area contributed by atoms with Gasteiger partial charge in [0, 0.05) is 5.69 Å². The van der Waals surface area contributed by atoms with Crippen LogP contribution in [-0.2, 0) is 9.59 Å². The van der Waals surface area contributed by atoms with Crippen molar-refractivity contribution in [1.82, 2.24) is 4.90 Å². The number of nitrogens with one attached hydrogen (secondary N) is 1. The Morgan fingerprint density at radius 2 is 1.87 bits per heavy atom. The average Bonchev–Trinajstić information content (AvgIpc) is 2.97. The summed E-state index contributed by atoms with van der Waals surface area (Å²) in [6.45, 7) is 3.92. The molecule has 0 atom stereocenters. The molecule has 0 aliphatic carbocycles. The van der Waals surface area contributed by atoms with E-state index < -0.39 is 17.1 Å². The minimum atomic E-state index is -0.502. The van der Waals surface area contributed by atoms with Gasteiger partial charge in [0.2, 0.25) is 5.91 Å². The molecule has 0 spiro atoms. The van der Waals surface area contributed by atoms with E-state index in [1.54, 1.807) is 43.5 Å². The first-order valence-corrected chi connectivity index (χ1v) is 10.2. The average molecular weight is 426 g/mol. The monoisotopic (exact) mass is 426 g/mol. The molecular formula is C22H22N2O5S. The number of thioether (sulfide) groups is 1. The Hall–Kier alpha value is -3.26. The van der Waals surface area contributed by atoms with Crippen LogP contribution in [-0.4, -0.2) is 42.2 Å². The molecule has 1 N–H and O–H groups in total. The fourth-order valence-corrected chi connectivity index (χ4v) is 3.66. The largest absolute Gasteiger partial charge is 0.493 e. The molecule has 0 radical (unpaired) electrons. The molecule has 2 aromatic carbocycles. The van der Waals surface area contributed by atoms with E-state index in [1.165, 1.54) is 0 Å². The van der Waals surface area contributed by atoms with E-state index in [0.717, 1.165) is 22.2 Å². The number of nitrogens with zero attached hydrogens (tertiary/aromatic N) is 1. The van der Waals surface area contributed by atoms with Gasteiger partial charge in [0.05, 0.1) is 18.6 Å². The van der Waals surface area contributed by atoms with Gasteiger partial charge in [0.25, 0.3) is 11.1 Å². The van der Waals surface area contributed by atoms with Crippen LogP contribution in [0.3, 0.4) is 0 Å². The van der Waals surface area contributed by atoms with E-state index in [4.69, 9.17) is 9.47 Å². The van der Waals surface area contributed by atoms with Crippen LogP contribution in [0.1, 0.15) is 18.1 Å². The highest BCUT2D eigenvalue weighted by Crippen LogP contribution is 2.34. The lowest BCUT2D eigenvalue weighted by molar-refractivity contribution is -0.127. The molecule has 1 saturated heterocycles. The second-order valence-electron chi connectivity index (χ2n) is 6.53. The van der Waals surface area contributed by atoms with Gasteiger partial charge in [-0.2, -0.15) is 0 Å². The smallest absolute Gasteiger partial charge is 0.294 e. The number of hydrogen-bond acceptors (Lipinski definition) is 6. The fraction of sp³-hybridized carbons (Fsp3) is 0.227. The molecule has 1 aliphatic rings. The summed E-state index contributed by atoms with van der Waals surface area (Å²) in [5, 5.41) is 2.21. The molecule has 0 bridgehead atoms. The summed E-state index contributed by atoms with van der Waals surface area (Å²) in [7, 11) is 1.55. The van der Waals surface area contributed by atoms with Gasteiger partial charge in [-0.15, -0.1) is 0 Å². The van der Waals surface area contributed by atoms with Crippen molar-refractivity contribution in [2.45, 2.75) is 13.8 Å². The first-order valence-electron chi connectivity index (χ1n) is 9.34. The van der Waals surface area contributed by atoms with Gasteiger partial charge in [-0.25, -0.2) is 0 Å². The number of aryl methyl sites for hydroxylation is 1. The lowest BCUT2D eigenvalue weighted by Gasteiger charge is -2.12. The van der Waals surface area contributed by atoms with Crippen molar-refractivity contribution < 1.29 is 23.9 Å². The highest BCUT2D eigenvalue weighted by Gasteiger charge is 2.36. The zero-order valence-corrected chi connectivity index (χ0v) is 17.7. The maximum atomic E-state index is 12.7. The number of amides is 3. The zero-order valence-electron chi connectivity index (χ0n) is 16.9. The fourth-order valence-electron chi connectivity index (χ4n) is 2.82. The molecule has 0 saturated carbocycles. The summed E-state index contributed by atoms with van der Waals surface area (Å²) < 4.78 is 10.8. The van der Waals surface area contributed by atoms with Crippen LogP contribution < -0.4 is 14.8 Å². The first kappa shape index (κ1) is 21.4. The lowest BCUT2D eigenvalue weighted by atomic mass is 10.2. The molecule has 8 heteroatoms. The number of methoxy groups -OCH3 is 1. The van der Waals surface area contributed by atoms with E-state index in [1.807, 2.05) is 26.0 Å². The quantitative estimate of drug-likeness (QED) is 0.672. The van der Waals surface area contributed by atoms with Crippen molar-refractivity contribution in [2.24, 2.45) is 0 Å². The van der Waals surface area contributed by atoms with Gasteiger partial charge in [0.1, 0.15) is 6.54 Å². The summed E-state index contributed by atoms with van der Waals surface area (Å²) in [6.07, 6.45) is 1.60. The Balaban J connectivity index is 1.71. The van der Waals surface area contributed by atoms with E-state index >= 15 is 0 Å². The molecule has 7 nitrogen and oxygen atoms in total. The molecule has 1 aliphatic heterocycles. The number of carbonyl (C=O) groups excluding carboxylic acids is 3. The summed E-state index contributed by atoms with van der Waals surface area (Å²) in [5.74, 6) is 0.184. The zero-order chi connectivity index (χ0) is 21.7. The molecule has 156 valence electrons. The van der Waals surface area contributed by atoms with E-state index in [9.17, 15) is 14.4 Å². The van der Waals surface area contributed by atoms with Crippen LogP contribution in [0, 0.1) is 6.92 Å². The van der Waals surface area contributed by atoms with Crippen LogP contribution >= 0.6 is 11.8 Å². The molecule has 1 heterocycles. The van der Waals surface area contributed by atoms with Gasteiger partial charge in [0.15, 0.2) is 11.5 Å². The number of imide groups is 1. The minimum Gasteiger partial charge on any atom is -0.493 e. The summed E-state index contributed by atoms with van der Waals surface area (Å²) >= 11 is 0.803. The molecule has 2 aromatic rings. The van der Waals surface area contributed by atoms with E-state index in [0.29, 0.717) is 29.4 Å². The normalized spacial score (nSPS) is 14.9. The topological polar surface area (TPSA) is 84.9 Å². The summed E-state index contributed by atoms with van der Waals surface area (Å²) in [5.41, 5.74) is 2.36. The highest BCUT2D eigenvalue weighted by molar-refractivity contribution is 8.18. The SMILES string of the molecule is CCOc1cc(/C=C2/SC(=O)N(CC(=O)Nc3ccc(C)cc3)C2=O)ccc1OC.